The van der Waals surface area contributed by atoms with E-state index < -0.39 is 5.97 Å². The van der Waals surface area contributed by atoms with Crippen molar-refractivity contribution in [1.29, 1.82) is 0 Å². The van der Waals surface area contributed by atoms with Crippen LogP contribution in [0, 0.1) is 11.3 Å². The van der Waals surface area contributed by atoms with E-state index in [0.717, 1.165) is 5.57 Å². The minimum Gasteiger partial charge on any atom is -0.478 e. The Morgan fingerprint density at radius 1 is 1.32 bits per heavy atom. The van der Waals surface area contributed by atoms with Crippen LogP contribution < -0.4 is 0 Å². The summed E-state index contributed by atoms with van der Waals surface area (Å²) in [5.74, 6) is -0.745. The molecule has 0 aromatic rings. The number of aliphatic carboxylic acids is 1. The van der Waals surface area contributed by atoms with Crippen LogP contribution in [0.1, 0.15) is 60.8 Å². The van der Waals surface area contributed by atoms with Gasteiger partial charge in [-0.3, -0.25) is 0 Å². The van der Waals surface area contributed by atoms with Gasteiger partial charge in [-0.1, -0.05) is 55.7 Å². The van der Waals surface area contributed by atoms with Crippen molar-refractivity contribution in [3.8, 4) is 0 Å². The Bertz CT molecular complexity index is 542. The predicted octanol–water partition coefficient (Wildman–Crippen LogP) is 5.68. The maximum absolute atomic E-state index is 10.7. The molecule has 0 aromatic carbocycles. The zero-order valence-electron chi connectivity index (χ0n) is 14.9. The van der Waals surface area contributed by atoms with Gasteiger partial charge in [0.2, 0.25) is 0 Å². The molecule has 0 aliphatic heterocycles. The van der Waals surface area contributed by atoms with E-state index in [1.165, 1.54) is 42.1 Å². The Labute approximate surface area is 135 Å². The van der Waals surface area contributed by atoms with Gasteiger partial charge in [-0.2, -0.15) is 0 Å². The smallest absolute Gasteiger partial charge is 0.328 e. The minimum absolute atomic E-state index is 0.134. The molecule has 0 amide bonds. The van der Waals surface area contributed by atoms with Gasteiger partial charge in [-0.25, -0.2) is 4.79 Å². The molecule has 0 fully saturated rings. The molecular formula is C20H30O2. The van der Waals surface area contributed by atoms with Gasteiger partial charge in [-0.15, -0.1) is 0 Å². The zero-order valence-corrected chi connectivity index (χ0v) is 14.9. The molecule has 0 saturated carbocycles. The van der Waals surface area contributed by atoms with Gasteiger partial charge in [-0.05, 0) is 56.9 Å². The van der Waals surface area contributed by atoms with E-state index in [1.54, 1.807) is 0 Å². The number of rotatable bonds is 5. The van der Waals surface area contributed by atoms with E-state index in [9.17, 15) is 4.79 Å². The molecule has 1 aliphatic carbocycles. The lowest BCUT2D eigenvalue weighted by atomic mass is 9.72. The van der Waals surface area contributed by atoms with Crippen molar-refractivity contribution in [3.05, 3.63) is 46.6 Å². The number of carboxylic acid groups (broad SMARTS) is 1. The molecule has 22 heavy (non-hydrogen) atoms. The van der Waals surface area contributed by atoms with Crippen LogP contribution >= 0.6 is 0 Å². The van der Waals surface area contributed by atoms with Crippen molar-refractivity contribution < 1.29 is 9.90 Å². The topological polar surface area (TPSA) is 37.3 Å². The Kier molecular flexibility index (Phi) is 6.40. The monoisotopic (exact) mass is 302 g/mol. The standard InChI is InChI=1S/C20H30O2/c1-14(12-16(3)17(4)13-19(21)22)9-10-18-15(2)8-7-11-20(18,5)6/h9-10,12-13,16H,7-8,11H2,1-6H3,(H,21,22)/b10-9+,14-12+,17-13-. The molecule has 122 valence electrons. The SMILES string of the molecule is CC1=C(/C=C/C(C)=C/C(C)/C(C)=C\C(=O)O)C(C)(C)CCC1. The van der Waals surface area contributed by atoms with E-state index in [1.807, 2.05) is 13.8 Å². The largest absolute Gasteiger partial charge is 0.478 e. The van der Waals surface area contributed by atoms with Crippen LogP contribution in [-0.2, 0) is 4.79 Å². The summed E-state index contributed by atoms with van der Waals surface area (Å²) in [4.78, 5) is 10.7. The highest BCUT2D eigenvalue weighted by Crippen LogP contribution is 2.40. The Morgan fingerprint density at radius 2 is 1.95 bits per heavy atom. The molecule has 1 aliphatic rings. The van der Waals surface area contributed by atoms with Gasteiger partial charge in [0.1, 0.15) is 0 Å². The van der Waals surface area contributed by atoms with Gasteiger partial charge in [0.25, 0.3) is 0 Å². The second-order valence-electron chi connectivity index (χ2n) is 7.19. The third kappa shape index (κ3) is 5.32. The summed E-state index contributed by atoms with van der Waals surface area (Å²) in [6.45, 7) is 12.8. The summed E-state index contributed by atoms with van der Waals surface area (Å²) in [5, 5.41) is 8.81. The maximum atomic E-state index is 10.7. The van der Waals surface area contributed by atoms with Gasteiger partial charge in [0.15, 0.2) is 0 Å². The van der Waals surface area contributed by atoms with E-state index >= 15 is 0 Å². The Balaban J connectivity index is 2.89. The summed E-state index contributed by atoms with van der Waals surface area (Å²) < 4.78 is 0. The van der Waals surface area contributed by atoms with Crippen molar-refractivity contribution in [2.75, 3.05) is 0 Å². The lowest BCUT2D eigenvalue weighted by Gasteiger charge is -2.33. The van der Waals surface area contributed by atoms with Crippen LogP contribution in [0.3, 0.4) is 0 Å². The fourth-order valence-electron chi connectivity index (χ4n) is 3.13. The summed E-state index contributed by atoms with van der Waals surface area (Å²) in [6, 6.07) is 0. The lowest BCUT2D eigenvalue weighted by molar-refractivity contribution is -0.131. The van der Waals surface area contributed by atoms with Crippen LogP contribution in [0.2, 0.25) is 0 Å². The molecule has 2 nitrogen and oxygen atoms in total. The molecule has 1 rings (SSSR count). The predicted molar refractivity (Wildman–Crippen MR) is 93.8 cm³/mol. The summed E-state index contributed by atoms with van der Waals surface area (Å²) >= 11 is 0. The van der Waals surface area contributed by atoms with Crippen molar-refractivity contribution in [1.82, 2.24) is 0 Å². The highest BCUT2D eigenvalue weighted by molar-refractivity contribution is 5.80. The Hall–Kier alpha value is -1.57. The average Bonchev–Trinajstić information content (AvgIpc) is 2.36. The number of allylic oxidation sites excluding steroid dienone is 7. The molecule has 1 unspecified atom stereocenters. The second-order valence-corrected chi connectivity index (χ2v) is 7.19. The normalized spacial score (nSPS) is 21.4. The third-order valence-electron chi connectivity index (χ3n) is 4.64. The first kappa shape index (κ1) is 18.5. The molecule has 0 radical (unpaired) electrons. The second kappa shape index (κ2) is 7.62. The first-order valence-corrected chi connectivity index (χ1v) is 8.11. The first-order valence-electron chi connectivity index (χ1n) is 8.11. The van der Waals surface area contributed by atoms with Crippen LogP contribution in [0.15, 0.2) is 46.6 Å². The minimum atomic E-state index is -0.879. The van der Waals surface area contributed by atoms with Crippen molar-refractivity contribution >= 4 is 5.97 Å². The average molecular weight is 302 g/mol. The molecule has 1 atom stereocenters. The van der Waals surface area contributed by atoms with Gasteiger partial charge in [0, 0.05) is 6.08 Å². The Morgan fingerprint density at radius 3 is 2.50 bits per heavy atom. The van der Waals surface area contributed by atoms with Gasteiger partial charge >= 0.3 is 5.97 Å². The summed E-state index contributed by atoms with van der Waals surface area (Å²) in [6.07, 6.45) is 11.5. The molecule has 2 heteroatoms. The summed E-state index contributed by atoms with van der Waals surface area (Å²) in [5.41, 5.74) is 5.25. The molecule has 1 N–H and O–H groups in total. The quantitative estimate of drug-likeness (QED) is 0.524. The van der Waals surface area contributed by atoms with Crippen LogP contribution in [0.25, 0.3) is 0 Å². The van der Waals surface area contributed by atoms with Gasteiger partial charge in [0.05, 0.1) is 0 Å². The van der Waals surface area contributed by atoms with Gasteiger partial charge < -0.3 is 5.11 Å². The first-order chi connectivity index (χ1) is 10.1. The van der Waals surface area contributed by atoms with E-state index in [0.29, 0.717) is 0 Å². The van der Waals surface area contributed by atoms with Crippen molar-refractivity contribution in [2.45, 2.75) is 60.8 Å². The van der Waals surface area contributed by atoms with Crippen molar-refractivity contribution in [3.63, 3.8) is 0 Å². The van der Waals surface area contributed by atoms with Crippen LogP contribution in [-0.4, -0.2) is 11.1 Å². The van der Waals surface area contributed by atoms with Crippen LogP contribution in [0.4, 0.5) is 0 Å². The third-order valence-corrected chi connectivity index (χ3v) is 4.64. The lowest BCUT2D eigenvalue weighted by Crippen LogP contribution is -2.19. The molecule has 0 spiro atoms. The molecule has 0 bridgehead atoms. The number of carbonyl (C=O) groups is 1. The molecule has 0 heterocycles. The fraction of sp³-hybridized carbons (Fsp3) is 0.550. The molecule has 0 saturated heterocycles. The maximum Gasteiger partial charge on any atom is 0.328 e. The van der Waals surface area contributed by atoms with Crippen LogP contribution in [0.5, 0.6) is 0 Å². The number of hydrogen-bond donors (Lipinski definition) is 1. The van der Waals surface area contributed by atoms with E-state index in [4.69, 9.17) is 5.11 Å². The van der Waals surface area contributed by atoms with E-state index in [2.05, 4.69) is 45.9 Å². The summed E-state index contributed by atoms with van der Waals surface area (Å²) in [7, 11) is 0. The van der Waals surface area contributed by atoms with E-state index in [-0.39, 0.29) is 11.3 Å². The highest BCUT2D eigenvalue weighted by Gasteiger charge is 2.26. The number of hydrogen-bond acceptors (Lipinski definition) is 1. The number of carboxylic acids is 1. The van der Waals surface area contributed by atoms with Crippen molar-refractivity contribution in [2.24, 2.45) is 11.3 Å². The zero-order chi connectivity index (χ0) is 16.9. The highest BCUT2D eigenvalue weighted by atomic mass is 16.4. The molecular weight excluding hydrogens is 272 g/mol. The fourth-order valence-corrected chi connectivity index (χ4v) is 3.13. The molecule has 0 aromatic heterocycles.